The summed E-state index contributed by atoms with van der Waals surface area (Å²) in [6.07, 6.45) is 1.57. The van der Waals surface area contributed by atoms with Gasteiger partial charge in [-0.1, -0.05) is 0 Å². The van der Waals surface area contributed by atoms with Crippen LogP contribution in [0, 0.1) is 6.92 Å². The average Bonchev–Trinajstić information content (AvgIpc) is 3.17. The van der Waals surface area contributed by atoms with E-state index in [-0.39, 0.29) is 11.9 Å². The molecule has 4 heterocycles. The highest BCUT2D eigenvalue weighted by Crippen LogP contribution is 2.29. The quantitative estimate of drug-likeness (QED) is 0.767. The van der Waals surface area contributed by atoms with Crippen molar-refractivity contribution in [3.05, 3.63) is 34.3 Å². The zero-order chi connectivity index (χ0) is 20.2. The highest BCUT2D eigenvalue weighted by molar-refractivity contribution is 7.12. The Kier molecular flexibility index (Phi) is 6.27. The molecule has 1 unspecified atom stereocenters. The number of aryl methyl sites for hydroxylation is 1. The third-order valence-corrected chi connectivity index (χ3v) is 6.59. The van der Waals surface area contributed by atoms with Gasteiger partial charge in [-0.25, -0.2) is 9.97 Å². The molecule has 1 atom stereocenters. The number of hydrogen-bond acceptors (Lipinski definition) is 8. The van der Waals surface area contributed by atoms with Crippen LogP contribution < -0.4 is 10.2 Å². The molecule has 0 aromatic carbocycles. The Labute approximate surface area is 175 Å². The van der Waals surface area contributed by atoms with Crippen LogP contribution in [-0.4, -0.2) is 85.2 Å². The number of piperazine rings is 1. The second-order valence-corrected chi connectivity index (χ2v) is 8.81. The van der Waals surface area contributed by atoms with Crippen LogP contribution >= 0.6 is 11.3 Å². The fourth-order valence-corrected chi connectivity index (χ4v) is 4.72. The first-order valence-corrected chi connectivity index (χ1v) is 10.8. The molecular formula is C20H28N6O2S. The van der Waals surface area contributed by atoms with Gasteiger partial charge in [0.1, 0.15) is 18.0 Å². The molecular weight excluding hydrogens is 388 g/mol. The number of carbonyl (C=O) groups is 1. The second kappa shape index (κ2) is 9.06. The van der Waals surface area contributed by atoms with Gasteiger partial charge in [-0.05, 0) is 19.1 Å². The highest BCUT2D eigenvalue weighted by Gasteiger charge is 2.25. The van der Waals surface area contributed by atoms with Crippen molar-refractivity contribution in [3.63, 3.8) is 0 Å². The average molecular weight is 417 g/mol. The number of carbonyl (C=O) groups excluding carboxylic acids is 1. The van der Waals surface area contributed by atoms with Gasteiger partial charge in [0.15, 0.2) is 0 Å². The Morgan fingerprint density at radius 1 is 1.21 bits per heavy atom. The van der Waals surface area contributed by atoms with Gasteiger partial charge in [0, 0.05) is 55.6 Å². The summed E-state index contributed by atoms with van der Waals surface area (Å²) in [6, 6.07) is 6.62. The monoisotopic (exact) mass is 416 g/mol. The first-order chi connectivity index (χ1) is 14.1. The molecule has 2 aromatic heterocycles. The van der Waals surface area contributed by atoms with E-state index in [1.807, 2.05) is 29.4 Å². The molecule has 9 heteroatoms. The lowest BCUT2D eigenvalue weighted by Crippen LogP contribution is -2.48. The number of likely N-dealkylation sites (N-methyl/N-ethyl adjacent to an activating group) is 1. The van der Waals surface area contributed by atoms with Crippen LogP contribution in [0.1, 0.15) is 15.8 Å². The van der Waals surface area contributed by atoms with E-state index in [9.17, 15) is 4.79 Å². The van der Waals surface area contributed by atoms with E-state index < -0.39 is 0 Å². The lowest BCUT2D eigenvalue weighted by atomic mass is 10.2. The highest BCUT2D eigenvalue weighted by atomic mass is 32.1. The third kappa shape index (κ3) is 4.85. The molecule has 2 aliphatic heterocycles. The van der Waals surface area contributed by atoms with Crippen LogP contribution in [0.5, 0.6) is 0 Å². The van der Waals surface area contributed by atoms with E-state index in [1.165, 1.54) is 9.75 Å². The van der Waals surface area contributed by atoms with Crippen molar-refractivity contribution in [2.75, 3.05) is 69.7 Å². The molecule has 8 nitrogen and oxygen atoms in total. The molecule has 156 valence electrons. The molecule has 2 aromatic rings. The number of morpholine rings is 1. The number of nitrogens with one attached hydrogen (secondary N) is 1. The van der Waals surface area contributed by atoms with Crippen LogP contribution in [-0.2, 0) is 9.53 Å². The van der Waals surface area contributed by atoms with Crippen LogP contribution in [0.2, 0.25) is 0 Å². The van der Waals surface area contributed by atoms with Crippen molar-refractivity contribution < 1.29 is 9.53 Å². The maximum atomic E-state index is 12.0. The predicted octanol–water partition coefficient (Wildman–Crippen LogP) is 1.61. The zero-order valence-corrected chi connectivity index (χ0v) is 17.8. The summed E-state index contributed by atoms with van der Waals surface area (Å²) in [5, 5.41) is 3.50. The van der Waals surface area contributed by atoms with E-state index in [0.29, 0.717) is 13.1 Å². The summed E-state index contributed by atoms with van der Waals surface area (Å²) in [5.74, 6) is 1.69. The van der Waals surface area contributed by atoms with E-state index in [4.69, 9.17) is 4.74 Å². The van der Waals surface area contributed by atoms with Gasteiger partial charge in [-0.2, -0.15) is 0 Å². The van der Waals surface area contributed by atoms with Crippen LogP contribution in [0.3, 0.4) is 0 Å². The molecule has 29 heavy (non-hydrogen) atoms. The van der Waals surface area contributed by atoms with Gasteiger partial charge in [-0.15, -0.1) is 11.3 Å². The van der Waals surface area contributed by atoms with E-state index >= 15 is 0 Å². The Hall–Kier alpha value is -2.23. The SMILES string of the molecule is Cc1ccc(C(CNc2cc(N3CCN(C)C(=O)C3)ncn2)N2CCOCC2)s1. The number of thiophene rings is 1. The number of nitrogens with zero attached hydrogens (tertiary/aromatic N) is 5. The van der Waals surface area contributed by atoms with E-state index in [1.54, 1.807) is 11.2 Å². The summed E-state index contributed by atoms with van der Waals surface area (Å²) >= 11 is 1.85. The zero-order valence-electron chi connectivity index (χ0n) is 17.0. The molecule has 2 fully saturated rings. The van der Waals surface area contributed by atoms with Crippen LogP contribution in [0.15, 0.2) is 24.5 Å². The molecule has 4 rings (SSSR count). The minimum Gasteiger partial charge on any atom is -0.379 e. The molecule has 0 spiro atoms. The molecule has 1 amide bonds. The van der Waals surface area contributed by atoms with E-state index in [2.05, 4.69) is 39.2 Å². The van der Waals surface area contributed by atoms with Crippen molar-refractivity contribution in [2.45, 2.75) is 13.0 Å². The third-order valence-electron chi connectivity index (χ3n) is 5.49. The minimum absolute atomic E-state index is 0.116. The van der Waals surface area contributed by atoms with Crippen molar-refractivity contribution in [2.24, 2.45) is 0 Å². The lowest BCUT2D eigenvalue weighted by molar-refractivity contribution is -0.129. The number of anilines is 2. The normalized spacial score (nSPS) is 19.4. The van der Waals surface area contributed by atoms with Crippen molar-refractivity contribution in [3.8, 4) is 0 Å². The Morgan fingerprint density at radius 2 is 2.03 bits per heavy atom. The van der Waals surface area contributed by atoms with E-state index in [0.717, 1.165) is 51.0 Å². The summed E-state index contributed by atoms with van der Waals surface area (Å²) < 4.78 is 5.54. The first kappa shape index (κ1) is 20.1. The Bertz CT molecular complexity index is 838. The van der Waals surface area contributed by atoms with Gasteiger partial charge < -0.3 is 19.9 Å². The molecule has 2 saturated heterocycles. The van der Waals surface area contributed by atoms with Crippen molar-refractivity contribution >= 4 is 28.9 Å². The second-order valence-electron chi connectivity index (χ2n) is 7.49. The number of hydrogen-bond donors (Lipinski definition) is 1. The molecule has 0 saturated carbocycles. The van der Waals surface area contributed by atoms with Crippen molar-refractivity contribution in [1.29, 1.82) is 0 Å². The van der Waals surface area contributed by atoms with Gasteiger partial charge >= 0.3 is 0 Å². The molecule has 1 N–H and O–H groups in total. The van der Waals surface area contributed by atoms with Crippen LogP contribution in [0.25, 0.3) is 0 Å². The predicted molar refractivity (Wildman–Crippen MR) is 115 cm³/mol. The van der Waals surface area contributed by atoms with Crippen molar-refractivity contribution in [1.82, 2.24) is 19.8 Å². The van der Waals surface area contributed by atoms with Gasteiger partial charge in [0.05, 0.1) is 25.8 Å². The molecule has 2 aliphatic rings. The lowest BCUT2D eigenvalue weighted by Gasteiger charge is -2.34. The summed E-state index contributed by atoms with van der Waals surface area (Å²) in [5.41, 5.74) is 0. The minimum atomic E-state index is 0.116. The van der Waals surface area contributed by atoms with Gasteiger partial charge in [0.2, 0.25) is 5.91 Å². The number of rotatable bonds is 6. The Morgan fingerprint density at radius 3 is 2.76 bits per heavy atom. The summed E-state index contributed by atoms with van der Waals surface area (Å²) in [7, 11) is 1.84. The summed E-state index contributed by atoms with van der Waals surface area (Å²) in [6.45, 7) is 8.17. The Balaban J connectivity index is 1.45. The molecule has 0 aliphatic carbocycles. The standard InChI is InChI=1S/C20H28N6O2S/c1-15-3-4-17(29-15)16(25-7-9-28-10-8-25)12-21-18-11-19(23-14-22-18)26-6-5-24(2)20(27)13-26/h3-4,11,14,16H,5-10,12-13H2,1-2H3,(H,21,22,23). The fourth-order valence-electron chi connectivity index (χ4n) is 3.70. The maximum Gasteiger partial charge on any atom is 0.241 e. The topological polar surface area (TPSA) is 73.8 Å². The van der Waals surface area contributed by atoms with Gasteiger partial charge in [0.25, 0.3) is 0 Å². The largest absolute Gasteiger partial charge is 0.379 e. The van der Waals surface area contributed by atoms with Crippen LogP contribution in [0.4, 0.5) is 11.6 Å². The number of amides is 1. The smallest absolute Gasteiger partial charge is 0.241 e. The molecule has 0 bridgehead atoms. The van der Waals surface area contributed by atoms with Gasteiger partial charge in [-0.3, -0.25) is 9.69 Å². The fraction of sp³-hybridized carbons (Fsp3) is 0.550. The number of ether oxygens (including phenoxy) is 1. The molecule has 0 radical (unpaired) electrons. The maximum absolute atomic E-state index is 12.0. The number of aromatic nitrogens is 2. The first-order valence-electron chi connectivity index (χ1n) is 10.0. The summed E-state index contributed by atoms with van der Waals surface area (Å²) in [4.78, 5) is 29.7.